The molecule has 0 unspecified atom stereocenters. The number of carbonyl (C=O) groups excluding carboxylic acids is 1. The van der Waals surface area contributed by atoms with Crippen molar-refractivity contribution < 1.29 is 23.1 Å². The number of rotatable bonds is 2. The van der Waals surface area contributed by atoms with E-state index in [1.165, 1.54) is 24.3 Å². The highest BCUT2D eigenvalue weighted by Gasteiger charge is 2.31. The maximum atomic E-state index is 12.5. The molecule has 0 aromatic heterocycles. The third-order valence-corrected chi connectivity index (χ3v) is 2.74. The van der Waals surface area contributed by atoms with E-state index in [0.717, 1.165) is 12.1 Å². The van der Waals surface area contributed by atoms with E-state index in [4.69, 9.17) is 5.73 Å². The summed E-state index contributed by atoms with van der Waals surface area (Å²) >= 11 is 0. The molecule has 0 bridgehead atoms. The van der Waals surface area contributed by atoms with Crippen LogP contribution < -0.4 is 5.73 Å². The van der Waals surface area contributed by atoms with Gasteiger partial charge in [-0.05, 0) is 42.5 Å². The SMILES string of the molecule is Nc1ccc(C(=O)c2ccc(C(F)(F)F)cc2O)cc1. The summed E-state index contributed by atoms with van der Waals surface area (Å²) in [7, 11) is 0. The number of ketones is 1. The van der Waals surface area contributed by atoms with E-state index in [-0.39, 0.29) is 11.1 Å². The van der Waals surface area contributed by atoms with Gasteiger partial charge >= 0.3 is 6.18 Å². The Hall–Kier alpha value is -2.50. The van der Waals surface area contributed by atoms with Crippen molar-refractivity contribution in [2.75, 3.05) is 5.73 Å². The largest absolute Gasteiger partial charge is 0.507 e. The number of hydrogen-bond donors (Lipinski definition) is 2. The van der Waals surface area contributed by atoms with Gasteiger partial charge in [0, 0.05) is 11.3 Å². The first-order chi connectivity index (χ1) is 9.29. The van der Waals surface area contributed by atoms with Crippen LogP contribution in [0, 0.1) is 0 Å². The number of alkyl halides is 3. The van der Waals surface area contributed by atoms with E-state index in [9.17, 15) is 23.1 Å². The number of nitrogens with two attached hydrogens (primary N) is 1. The quantitative estimate of drug-likeness (QED) is 0.656. The number of halogens is 3. The zero-order valence-electron chi connectivity index (χ0n) is 10.1. The van der Waals surface area contributed by atoms with E-state index >= 15 is 0 Å². The summed E-state index contributed by atoms with van der Waals surface area (Å²) in [4.78, 5) is 12.1. The van der Waals surface area contributed by atoms with E-state index in [2.05, 4.69) is 0 Å². The Morgan fingerprint density at radius 3 is 2.15 bits per heavy atom. The average molecular weight is 281 g/mol. The molecular weight excluding hydrogens is 271 g/mol. The van der Waals surface area contributed by atoms with Gasteiger partial charge in [-0.1, -0.05) is 0 Å². The van der Waals surface area contributed by atoms with Crippen molar-refractivity contribution in [3.8, 4) is 5.75 Å². The summed E-state index contributed by atoms with van der Waals surface area (Å²) in [5, 5.41) is 9.60. The van der Waals surface area contributed by atoms with Crippen LogP contribution in [0.3, 0.4) is 0 Å². The van der Waals surface area contributed by atoms with Gasteiger partial charge in [-0.2, -0.15) is 13.2 Å². The lowest BCUT2D eigenvalue weighted by Crippen LogP contribution is -2.07. The Morgan fingerprint density at radius 1 is 1.05 bits per heavy atom. The topological polar surface area (TPSA) is 63.3 Å². The minimum absolute atomic E-state index is 0.192. The molecule has 0 aliphatic heterocycles. The Kier molecular flexibility index (Phi) is 3.40. The lowest BCUT2D eigenvalue weighted by atomic mass is 10.0. The number of carbonyl (C=O) groups is 1. The van der Waals surface area contributed by atoms with Gasteiger partial charge in [-0.3, -0.25) is 4.79 Å². The number of nitrogen functional groups attached to an aromatic ring is 1. The van der Waals surface area contributed by atoms with E-state index in [1.54, 1.807) is 0 Å². The lowest BCUT2D eigenvalue weighted by molar-refractivity contribution is -0.137. The molecule has 3 nitrogen and oxygen atoms in total. The second kappa shape index (κ2) is 4.88. The predicted molar refractivity (Wildman–Crippen MR) is 67.4 cm³/mol. The van der Waals surface area contributed by atoms with Gasteiger partial charge in [0.25, 0.3) is 0 Å². The Bertz CT molecular complexity index is 648. The van der Waals surface area contributed by atoms with Crippen LogP contribution in [-0.4, -0.2) is 10.9 Å². The van der Waals surface area contributed by atoms with Crippen LogP contribution in [0.4, 0.5) is 18.9 Å². The molecule has 20 heavy (non-hydrogen) atoms. The van der Waals surface area contributed by atoms with Crippen LogP contribution in [0.15, 0.2) is 42.5 Å². The van der Waals surface area contributed by atoms with Crippen molar-refractivity contribution in [2.45, 2.75) is 6.18 Å². The number of phenols is 1. The molecule has 0 spiro atoms. The van der Waals surface area contributed by atoms with Crippen LogP contribution in [0.2, 0.25) is 0 Å². The maximum absolute atomic E-state index is 12.5. The van der Waals surface area contributed by atoms with Crippen molar-refractivity contribution in [2.24, 2.45) is 0 Å². The molecule has 0 atom stereocenters. The highest BCUT2D eigenvalue weighted by molar-refractivity contribution is 6.10. The highest BCUT2D eigenvalue weighted by atomic mass is 19.4. The number of phenolic OH excluding ortho intramolecular Hbond substituents is 1. The summed E-state index contributed by atoms with van der Waals surface area (Å²) in [6.45, 7) is 0. The molecule has 2 aromatic carbocycles. The molecule has 0 aliphatic carbocycles. The molecule has 6 heteroatoms. The number of aromatic hydroxyl groups is 1. The van der Waals surface area contributed by atoms with Gasteiger partial charge in [0.05, 0.1) is 11.1 Å². The van der Waals surface area contributed by atoms with Crippen molar-refractivity contribution in [3.63, 3.8) is 0 Å². The fraction of sp³-hybridized carbons (Fsp3) is 0.0714. The van der Waals surface area contributed by atoms with E-state index < -0.39 is 23.3 Å². The first-order valence-corrected chi connectivity index (χ1v) is 5.59. The normalized spacial score (nSPS) is 11.3. The van der Waals surface area contributed by atoms with E-state index in [0.29, 0.717) is 11.8 Å². The molecule has 0 amide bonds. The van der Waals surface area contributed by atoms with Crippen LogP contribution in [0.25, 0.3) is 0 Å². The Balaban J connectivity index is 2.38. The van der Waals surface area contributed by atoms with Crippen LogP contribution in [-0.2, 0) is 6.18 Å². The Morgan fingerprint density at radius 2 is 1.65 bits per heavy atom. The molecule has 0 heterocycles. The summed E-state index contributed by atoms with van der Waals surface area (Å²) in [5.41, 5.74) is 4.96. The summed E-state index contributed by atoms with van der Waals surface area (Å²) in [6, 6.07) is 8.11. The van der Waals surface area contributed by atoms with Crippen molar-refractivity contribution in [3.05, 3.63) is 59.2 Å². The Labute approximate surface area is 112 Å². The smallest absolute Gasteiger partial charge is 0.416 e. The molecule has 0 saturated heterocycles. The van der Waals surface area contributed by atoms with Crippen molar-refractivity contribution in [1.29, 1.82) is 0 Å². The lowest BCUT2D eigenvalue weighted by Gasteiger charge is -2.09. The monoisotopic (exact) mass is 281 g/mol. The molecule has 2 rings (SSSR count). The van der Waals surface area contributed by atoms with Gasteiger partial charge in [-0.25, -0.2) is 0 Å². The first-order valence-electron chi connectivity index (χ1n) is 5.59. The molecule has 104 valence electrons. The molecule has 3 N–H and O–H groups in total. The average Bonchev–Trinajstić information content (AvgIpc) is 2.37. The van der Waals surface area contributed by atoms with Crippen molar-refractivity contribution >= 4 is 11.5 Å². The van der Waals surface area contributed by atoms with Crippen molar-refractivity contribution in [1.82, 2.24) is 0 Å². The third-order valence-electron chi connectivity index (χ3n) is 2.74. The van der Waals surface area contributed by atoms with Gasteiger partial charge in [0.15, 0.2) is 5.78 Å². The minimum Gasteiger partial charge on any atom is -0.507 e. The van der Waals surface area contributed by atoms with Crippen LogP contribution >= 0.6 is 0 Å². The minimum atomic E-state index is -4.57. The van der Waals surface area contributed by atoms with E-state index in [1.807, 2.05) is 0 Å². The van der Waals surface area contributed by atoms with Gasteiger partial charge in [0.1, 0.15) is 5.75 Å². The highest BCUT2D eigenvalue weighted by Crippen LogP contribution is 2.33. The molecule has 0 radical (unpaired) electrons. The maximum Gasteiger partial charge on any atom is 0.416 e. The standard InChI is InChI=1S/C14H10F3NO2/c15-14(16,17)9-3-6-11(12(19)7-9)13(20)8-1-4-10(18)5-2-8/h1-7,19H,18H2. The summed E-state index contributed by atoms with van der Waals surface area (Å²) < 4.78 is 37.4. The van der Waals surface area contributed by atoms with Gasteiger partial charge in [-0.15, -0.1) is 0 Å². The summed E-state index contributed by atoms with van der Waals surface area (Å²) in [6.07, 6.45) is -4.57. The first kappa shape index (κ1) is 13.9. The molecule has 0 aliphatic rings. The third kappa shape index (κ3) is 2.74. The fourth-order valence-electron chi connectivity index (χ4n) is 1.69. The molecule has 0 fully saturated rings. The number of anilines is 1. The summed E-state index contributed by atoms with van der Waals surface area (Å²) in [5.74, 6) is -1.28. The second-order valence-electron chi connectivity index (χ2n) is 4.18. The zero-order valence-corrected chi connectivity index (χ0v) is 10.1. The number of benzene rings is 2. The second-order valence-corrected chi connectivity index (χ2v) is 4.18. The predicted octanol–water partition coefficient (Wildman–Crippen LogP) is 3.22. The number of hydrogen-bond acceptors (Lipinski definition) is 3. The van der Waals surface area contributed by atoms with Crippen LogP contribution in [0.5, 0.6) is 5.75 Å². The fourth-order valence-corrected chi connectivity index (χ4v) is 1.69. The van der Waals surface area contributed by atoms with Gasteiger partial charge < -0.3 is 10.8 Å². The zero-order chi connectivity index (χ0) is 14.9. The molecule has 0 saturated carbocycles. The molecular formula is C14H10F3NO2. The van der Waals surface area contributed by atoms with Gasteiger partial charge in [0.2, 0.25) is 0 Å². The van der Waals surface area contributed by atoms with Crippen LogP contribution in [0.1, 0.15) is 21.5 Å². The molecule has 2 aromatic rings.